The maximum atomic E-state index is 2.57. The summed E-state index contributed by atoms with van der Waals surface area (Å²) in [5.74, 6) is 0. The van der Waals surface area contributed by atoms with E-state index >= 15 is 0 Å². The van der Waals surface area contributed by atoms with Gasteiger partial charge in [-0.3, -0.25) is 0 Å². The van der Waals surface area contributed by atoms with Crippen LogP contribution in [0.5, 0.6) is 0 Å². The second-order valence-electron chi connectivity index (χ2n) is 16.8. The van der Waals surface area contributed by atoms with Gasteiger partial charge in [0.25, 0.3) is 0 Å². The van der Waals surface area contributed by atoms with Crippen LogP contribution in [0.3, 0.4) is 0 Å². The molecule has 0 amide bonds. The van der Waals surface area contributed by atoms with E-state index in [-0.39, 0.29) is 0 Å². The lowest BCUT2D eigenvalue weighted by molar-refractivity contribution is 1.17. The maximum absolute atomic E-state index is 2.88. The minimum absolute atomic E-state index is 1.15. The molecule has 3 nitrogen and oxygen atoms in total. The van der Waals surface area contributed by atoms with Gasteiger partial charge in [-0.25, -0.2) is 0 Å². The minimum atomic E-state index is -2.88. The highest BCUT2D eigenvalue weighted by molar-refractivity contribution is 7.20. The van der Waals surface area contributed by atoms with Crippen LogP contribution in [-0.2, 0) is 0 Å². The predicted molar refractivity (Wildman–Crippen MR) is 273 cm³/mol. The standard InChI is InChI=1S/C60H41N3Si/c1-5-21-42(22-6-1)61-53-34-18-15-31-49(53)59-55(61)35-19-36-56(59)63-54-40-39-46(64(43-23-7-2-8-24-43,44-25-9-3-10-26-44)45-27-11-4-12-28-45)41-50(54)60-57(37-20-38-58(60)63)62-51-32-16-13-29-47(51)48-30-14-17-33-52(48)62/h1-41H. The average Bonchev–Trinajstić information content (AvgIpc) is 4.01. The Bertz CT molecular complexity index is 3730. The molecule has 0 radical (unpaired) electrons. The molecule has 0 bridgehead atoms. The molecule has 4 heteroatoms. The van der Waals surface area contributed by atoms with Crippen molar-refractivity contribution in [3.05, 3.63) is 249 Å². The highest BCUT2D eigenvalue weighted by atomic mass is 28.3. The molecule has 64 heavy (non-hydrogen) atoms. The SMILES string of the molecule is c1ccc(-n2c3ccccc3c3c(-n4c5ccc([Si](c6ccccc6)(c6ccccc6)c6ccccc6)cc5c5c(-n6c7ccccc7c7ccccc76)cccc54)cccc32)cc1. The average molecular weight is 832 g/mol. The van der Waals surface area contributed by atoms with Crippen molar-refractivity contribution in [1.29, 1.82) is 0 Å². The third-order valence-corrected chi connectivity index (χ3v) is 18.3. The fourth-order valence-corrected chi connectivity index (χ4v) is 15.8. The number of hydrogen-bond donors (Lipinski definition) is 0. The van der Waals surface area contributed by atoms with Crippen molar-refractivity contribution in [2.45, 2.75) is 0 Å². The number of para-hydroxylation sites is 4. The summed E-state index contributed by atoms with van der Waals surface area (Å²) in [4.78, 5) is 0. The Balaban J connectivity index is 1.21. The Morgan fingerprint density at radius 1 is 0.234 bits per heavy atom. The molecule has 13 rings (SSSR count). The van der Waals surface area contributed by atoms with Crippen LogP contribution in [0.25, 0.3) is 82.5 Å². The van der Waals surface area contributed by atoms with E-state index < -0.39 is 8.07 Å². The monoisotopic (exact) mass is 831 g/mol. The van der Waals surface area contributed by atoms with E-state index in [1.54, 1.807) is 0 Å². The highest BCUT2D eigenvalue weighted by Gasteiger charge is 2.41. The maximum Gasteiger partial charge on any atom is 0.179 e. The Kier molecular flexibility index (Phi) is 8.23. The van der Waals surface area contributed by atoms with Gasteiger partial charge in [0, 0.05) is 38.0 Å². The van der Waals surface area contributed by atoms with Gasteiger partial charge in [0.2, 0.25) is 0 Å². The number of aromatic nitrogens is 3. The van der Waals surface area contributed by atoms with Crippen molar-refractivity contribution < 1.29 is 0 Å². The molecule has 3 aromatic heterocycles. The lowest BCUT2D eigenvalue weighted by atomic mass is 10.1. The zero-order valence-corrected chi connectivity index (χ0v) is 36.0. The van der Waals surface area contributed by atoms with E-state index in [2.05, 4.69) is 262 Å². The molecule has 0 aliphatic carbocycles. The van der Waals surface area contributed by atoms with Gasteiger partial charge >= 0.3 is 0 Å². The summed E-state index contributed by atoms with van der Waals surface area (Å²) in [7, 11) is -2.88. The van der Waals surface area contributed by atoms with Gasteiger partial charge in [-0.1, -0.05) is 188 Å². The molecule has 300 valence electrons. The molecule has 0 atom stereocenters. The van der Waals surface area contributed by atoms with Gasteiger partial charge < -0.3 is 13.7 Å². The van der Waals surface area contributed by atoms with Crippen LogP contribution in [0.1, 0.15) is 0 Å². The third-order valence-electron chi connectivity index (χ3n) is 13.6. The fourth-order valence-electron chi connectivity index (χ4n) is 11.0. The van der Waals surface area contributed by atoms with Gasteiger partial charge in [-0.05, 0) is 81.4 Å². The van der Waals surface area contributed by atoms with Crippen molar-refractivity contribution in [3.63, 3.8) is 0 Å². The van der Waals surface area contributed by atoms with Gasteiger partial charge in [-0.2, -0.15) is 0 Å². The van der Waals surface area contributed by atoms with Crippen molar-refractivity contribution >= 4 is 94.2 Å². The van der Waals surface area contributed by atoms with Crippen LogP contribution in [0, 0.1) is 0 Å². The number of benzene rings is 10. The van der Waals surface area contributed by atoms with Crippen molar-refractivity contribution in [3.8, 4) is 17.1 Å². The lowest BCUT2D eigenvalue weighted by Crippen LogP contribution is -2.74. The second kappa shape index (κ2) is 14.5. The normalized spacial score (nSPS) is 12.1. The molecule has 3 heterocycles. The predicted octanol–water partition coefficient (Wildman–Crippen LogP) is 12.4. The molecular weight excluding hydrogens is 791 g/mol. The fraction of sp³-hybridized carbons (Fsp3) is 0. The van der Waals surface area contributed by atoms with Crippen molar-refractivity contribution in [1.82, 2.24) is 13.7 Å². The Morgan fingerprint density at radius 2 is 0.609 bits per heavy atom. The summed E-state index contributed by atoms with van der Waals surface area (Å²) < 4.78 is 7.47. The van der Waals surface area contributed by atoms with Gasteiger partial charge in [0.1, 0.15) is 0 Å². The van der Waals surface area contributed by atoms with Gasteiger partial charge in [0.15, 0.2) is 8.07 Å². The van der Waals surface area contributed by atoms with Crippen LogP contribution in [-0.4, -0.2) is 21.8 Å². The molecule has 0 aliphatic rings. The highest BCUT2D eigenvalue weighted by Crippen LogP contribution is 2.43. The zero-order valence-electron chi connectivity index (χ0n) is 35.0. The third kappa shape index (κ3) is 5.21. The molecule has 13 aromatic rings. The molecule has 0 saturated heterocycles. The van der Waals surface area contributed by atoms with Crippen LogP contribution < -0.4 is 20.7 Å². The topological polar surface area (TPSA) is 14.8 Å². The van der Waals surface area contributed by atoms with E-state index in [0.29, 0.717) is 0 Å². The summed E-state index contributed by atoms with van der Waals surface area (Å²) in [6.45, 7) is 0. The van der Waals surface area contributed by atoms with Crippen LogP contribution in [0.15, 0.2) is 249 Å². The van der Waals surface area contributed by atoms with E-state index in [0.717, 1.165) is 11.4 Å². The molecule has 0 N–H and O–H groups in total. The molecule has 0 aliphatic heterocycles. The van der Waals surface area contributed by atoms with Crippen molar-refractivity contribution in [2.75, 3.05) is 0 Å². The van der Waals surface area contributed by atoms with Gasteiger partial charge in [-0.15, -0.1) is 0 Å². The van der Waals surface area contributed by atoms with E-state index in [4.69, 9.17) is 0 Å². The lowest BCUT2D eigenvalue weighted by Gasteiger charge is -2.34. The Hall–Kier alpha value is -8.18. The summed E-state index contributed by atoms with van der Waals surface area (Å²) in [5, 5.41) is 12.8. The molecule has 0 spiro atoms. The second-order valence-corrected chi connectivity index (χ2v) is 20.6. The first-order valence-electron chi connectivity index (χ1n) is 22.1. The number of rotatable bonds is 7. The summed E-state index contributed by atoms with van der Waals surface area (Å²) >= 11 is 0. The molecule has 0 saturated carbocycles. The first-order chi connectivity index (χ1) is 31.8. The zero-order chi connectivity index (χ0) is 42.2. The number of nitrogens with zero attached hydrogens (tertiary/aromatic N) is 3. The Labute approximate surface area is 372 Å². The molecule has 10 aromatic carbocycles. The summed E-state index contributed by atoms with van der Waals surface area (Å²) in [6.07, 6.45) is 0. The first kappa shape index (κ1) is 36.5. The first-order valence-corrected chi connectivity index (χ1v) is 24.1. The van der Waals surface area contributed by atoms with Crippen LogP contribution >= 0.6 is 0 Å². The number of hydrogen-bond acceptors (Lipinski definition) is 0. The molecule has 0 fully saturated rings. The largest absolute Gasteiger partial charge is 0.309 e. The van der Waals surface area contributed by atoms with E-state index in [1.165, 1.54) is 91.9 Å². The Morgan fingerprint density at radius 3 is 1.14 bits per heavy atom. The van der Waals surface area contributed by atoms with E-state index in [9.17, 15) is 0 Å². The summed E-state index contributed by atoms with van der Waals surface area (Å²) in [6, 6.07) is 92.3. The smallest absolute Gasteiger partial charge is 0.179 e. The van der Waals surface area contributed by atoms with Gasteiger partial charge in [0.05, 0.1) is 44.5 Å². The van der Waals surface area contributed by atoms with Crippen LogP contribution in [0.4, 0.5) is 0 Å². The number of fused-ring (bicyclic) bond motifs is 9. The van der Waals surface area contributed by atoms with Crippen LogP contribution in [0.2, 0.25) is 0 Å². The minimum Gasteiger partial charge on any atom is -0.309 e. The summed E-state index contributed by atoms with van der Waals surface area (Å²) in [5.41, 5.74) is 10.6. The molecule has 0 unspecified atom stereocenters. The van der Waals surface area contributed by atoms with Crippen molar-refractivity contribution in [2.24, 2.45) is 0 Å². The van der Waals surface area contributed by atoms with E-state index in [1.807, 2.05) is 0 Å². The molecular formula is C60H41N3Si. The quantitative estimate of drug-likeness (QED) is 0.112.